The Bertz CT molecular complexity index is 970. The number of nitrogens with one attached hydrogen (secondary N) is 1. The lowest BCUT2D eigenvalue weighted by Gasteiger charge is -2.46. The highest BCUT2D eigenvalue weighted by atomic mass is 32.1. The summed E-state index contributed by atoms with van der Waals surface area (Å²) in [5, 5.41) is 5.39. The molecule has 2 unspecified atom stereocenters. The van der Waals surface area contributed by atoms with Crippen LogP contribution < -0.4 is 5.32 Å². The fourth-order valence-electron chi connectivity index (χ4n) is 5.04. The summed E-state index contributed by atoms with van der Waals surface area (Å²) in [5.41, 5.74) is 4.31. The molecule has 176 valence electrons. The predicted molar refractivity (Wildman–Crippen MR) is 140 cm³/mol. The largest absolute Gasteiger partial charge is 0.368 e. The van der Waals surface area contributed by atoms with Crippen molar-refractivity contribution < 1.29 is 4.74 Å². The Balaban J connectivity index is 1.37. The molecule has 0 bridgehead atoms. The summed E-state index contributed by atoms with van der Waals surface area (Å²) in [5.74, 6) is 0.656. The van der Waals surface area contributed by atoms with Crippen molar-refractivity contribution in [2.24, 2.45) is 0 Å². The Morgan fingerprint density at radius 3 is 2.61 bits per heavy atom. The highest BCUT2D eigenvalue weighted by Crippen LogP contribution is 2.38. The van der Waals surface area contributed by atoms with Crippen LogP contribution in [0.2, 0.25) is 0 Å². The van der Waals surface area contributed by atoms with Crippen molar-refractivity contribution in [2.45, 2.75) is 63.8 Å². The molecule has 4 rings (SSSR count). The van der Waals surface area contributed by atoms with Crippen LogP contribution in [-0.2, 0) is 17.9 Å². The van der Waals surface area contributed by atoms with Gasteiger partial charge in [-0.05, 0) is 87.3 Å². The van der Waals surface area contributed by atoms with E-state index in [4.69, 9.17) is 4.74 Å². The summed E-state index contributed by atoms with van der Waals surface area (Å²) < 4.78 is 6.38. The van der Waals surface area contributed by atoms with Gasteiger partial charge in [0.15, 0.2) is 0 Å². The first-order chi connectivity index (χ1) is 16.0. The minimum Gasteiger partial charge on any atom is -0.368 e. The number of thiophene rings is 1. The van der Waals surface area contributed by atoms with E-state index in [1.54, 1.807) is 11.3 Å². The van der Waals surface area contributed by atoms with Crippen LogP contribution in [0.5, 0.6) is 0 Å². The Morgan fingerprint density at radius 2 is 1.88 bits per heavy atom. The second-order valence-electron chi connectivity index (χ2n) is 9.86. The molecule has 2 aromatic carbocycles. The Kier molecular flexibility index (Phi) is 8.37. The van der Waals surface area contributed by atoms with Gasteiger partial charge in [0.05, 0.1) is 12.7 Å². The zero-order chi connectivity index (χ0) is 23.1. The first kappa shape index (κ1) is 24.2. The van der Waals surface area contributed by atoms with E-state index in [1.807, 2.05) is 7.05 Å². The minimum atomic E-state index is 0.150. The molecule has 1 aliphatic heterocycles. The van der Waals surface area contributed by atoms with Crippen LogP contribution in [-0.4, -0.2) is 30.6 Å². The third kappa shape index (κ3) is 6.54. The molecule has 33 heavy (non-hydrogen) atoms. The van der Waals surface area contributed by atoms with E-state index in [0.29, 0.717) is 12.5 Å². The molecule has 3 aromatic rings. The van der Waals surface area contributed by atoms with Crippen molar-refractivity contribution in [1.29, 1.82) is 0 Å². The second-order valence-corrected chi connectivity index (χ2v) is 10.8. The molecule has 1 aliphatic rings. The zero-order valence-electron chi connectivity index (χ0n) is 20.3. The molecule has 1 saturated heterocycles. The maximum absolute atomic E-state index is 6.38. The zero-order valence-corrected chi connectivity index (χ0v) is 21.1. The van der Waals surface area contributed by atoms with Gasteiger partial charge >= 0.3 is 0 Å². The lowest BCUT2D eigenvalue weighted by molar-refractivity contribution is 0.0365. The highest BCUT2D eigenvalue weighted by Gasteiger charge is 2.35. The molecule has 4 heteroatoms. The summed E-state index contributed by atoms with van der Waals surface area (Å²) in [6.45, 7) is 8.55. The number of benzene rings is 2. The topological polar surface area (TPSA) is 24.5 Å². The molecular weight excluding hydrogens is 424 g/mol. The van der Waals surface area contributed by atoms with Crippen LogP contribution in [0.3, 0.4) is 0 Å². The number of hydrogen-bond donors (Lipinski definition) is 1. The SMILES string of the molecule is CNCCC(OCc1cccc(CN2CCC(c3ccccc3)CC2(C)C)c1)c1cccs1. The van der Waals surface area contributed by atoms with Crippen molar-refractivity contribution in [3.63, 3.8) is 0 Å². The average Bonchev–Trinajstić information content (AvgIpc) is 3.36. The van der Waals surface area contributed by atoms with Crippen molar-refractivity contribution >= 4 is 11.3 Å². The van der Waals surface area contributed by atoms with Crippen LogP contribution in [0.25, 0.3) is 0 Å². The second kappa shape index (κ2) is 11.4. The van der Waals surface area contributed by atoms with E-state index in [-0.39, 0.29) is 11.6 Å². The average molecular weight is 463 g/mol. The molecule has 0 radical (unpaired) electrons. The summed E-state index contributed by atoms with van der Waals surface area (Å²) in [6, 6.07) is 24.3. The summed E-state index contributed by atoms with van der Waals surface area (Å²) >= 11 is 1.78. The summed E-state index contributed by atoms with van der Waals surface area (Å²) in [7, 11) is 2.00. The Labute approximate surface area is 203 Å². The molecule has 1 N–H and O–H groups in total. The molecule has 0 aliphatic carbocycles. The van der Waals surface area contributed by atoms with Gasteiger partial charge in [0.2, 0.25) is 0 Å². The van der Waals surface area contributed by atoms with Gasteiger partial charge in [-0.15, -0.1) is 11.3 Å². The number of hydrogen-bond acceptors (Lipinski definition) is 4. The lowest BCUT2D eigenvalue weighted by atomic mass is 9.79. The molecule has 2 atom stereocenters. The van der Waals surface area contributed by atoms with Crippen molar-refractivity contribution in [3.05, 3.63) is 93.7 Å². The Morgan fingerprint density at radius 1 is 1.06 bits per heavy atom. The third-order valence-corrected chi connectivity index (χ3v) is 7.92. The van der Waals surface area contributed by atoms with Crippen molar-refractivity contribution in [3.8, 4) is 0 Å². The molecule has 0 spiro atoms. The van der Waals surface area contributed by atoms with Gasteiger partial charge in [0.1, 0.15) is 0 Å². The maximum Gasteiger partial charge on any atom is 0.0933 e. The monoisotopic (exact) mass is 462 g/mol. The summed E-state index contributed by atoms with van der Waals surface area (Å²) in [6.07, 6.45) is 3.57. The highest BCUT2D eigenvalue weighted by molar-refractivity contribution is 7.10. The number of rotatable bonds is 10. The van der Waals surface area contributed by atoms with E-state index in [0.717, 1.165) is 26.1 Å². The van der Waals surface area contributed by atoms with Crippen LogP contribution >= 0.6 is 11.3 Å². The first-order valence-electron chi connectivity index (χ1n) is 12.2. The normalized spacial score (nSPS) is 19.4. The number of likely N-dealkylation sites (tertiary alicyclic amines) is 1. The fourth-order valence-corrected chi connectivity index (χ4v) is 5.85. The maximum atomic E-state index is 6.38. The molecular formula is C29H38N2OS. The number of nitrogens with zero attached hydrogens (tertiary/aromatic N) is 1. The van der Waals surface area contributed by atoms with E-state index in [9.17, 15) is 0 Å². The first-order valence-corrected chi connectivity index (χ1v) is 13.1. The van der Waals surface area contributed by atoms with Crippen LogP contribution in [0.1, 0.15) is 66.7 Å². The molecule has 0 saturated carbocycles. The number of ether oxygens (including phenoxy) is 1. The van der Waals surface area contributed by atoms with Crippen LogP contribution in [0.15, 0.2) is 72.1 Å². The quantitative estimate of drug-likeness (QED) is 0.360. The van der Waals surface area contributed by atoms with E-state index in [1.165, 1.54) is 34.4 Å². The molecule has 2 heterocycles. The van der Waals surface area contributed by atoms with Gasteiger partial charge in [0.25, 0.3) is 0 Å². The fraction of sp³-hybridized carbons (Fsp3) is 0.448. The van der Waals surface area contributed by atoms with Gasteiger partial charge in [-0.1, -0.05) is 60.7 Å². The molecule has 1 fully saturated rings. The standard InChI is InChI=1S/C29H38N2OS/c1-29(2)20-26(25-11-5-4-6-12-25)15-17-31(29)21-23-9-7-10-24(19-23)22-32-27(14-16-30-3)28-13-8-18-33-28/h4-13,18-19,26-27,30H,14-17,20-22H2,1-3H3. The van der Waals surface area contributed by atoms with Gasteiger partial charge < -0.3 is 10.1 Å². The Hall–Kier alpha value is -1.98. The molecule has 3 nitrogen and oxygen atoms in total. The predicted octanol–water partition coefficient (Wildman–Crippen LogP) is 6.77. The molecule has 0 amide bonds. The van der Waals surface area contributed by atoms with Gasteiger partial charge in [0, 0.05) is 17.0 Å². The van der Waals surface area contributed by atoms with Crippen LogP contribution in [0, 0.1) is 0 Å². The summed E-state index contributed by atoms with van der Waals surface area (Å²) in [4.78, 5) is 3.97. The van der Waals surface area contributed by atoms with Crippen molar-refractivity contribution in [1.82, 2.24) is 10.2 Å². The lowest BCUT2D eigenvalue weighted by Crippen LogP contribution is -2.48. The van der Waals surface area contributed by atoms with Gasteiger partial charge in [-0.2, -0.15) is 0 Å². The van der Waals surface area contributed by atoms with Crippen molar-refractivity contribution in [2.75, 3.05) is 20.1 Å². The van der Waals surface area contributed by atoms with Gasteiger partial charge in [-0.3, -0.25) is 4.90 Å². The third-order valence-electron chi connectivity index (χ3n) is 6.95. The smallest absolute Gasteiger partial charge is 0.0933 e. The van der Waals surface area contributed by atoms with E-state index >= 15 is 0 Å². The van der Waals surface area contributed by atoms with E-state index in [2.05, 4.69) is 96.2 Å². The molecule has 1 aromatic heterocycles. The van der Waals surface area contributed by atoms with Crippen LogP contribution in [0.4, 0.5) is 0 Å². The van der Waals surface area contributed by atoms with E-state index < -0.39 is 0 Å². The minimum absolute atomic E-state index is 0.150. The van der Waals surface area contributed by atoms with Gasteiger partial charge in [-0.25, -0.2) is 0 Å². The number of piperidine rings is 1.